The van der Waals surface area contributed by atoms with Crippen LogP contribution in [0.4, 0.5) is 0 Å². The van der Waals surface area contributed by atoms with Crippen molar-refractivity contribution in [3.63, 3.8) is 0 Å². The molecular formula is C29H31N5O3. The van der Waals surface area contributed by atoms with E-state index in [1.165, 1.54) is 6.26 Å². The summed E-state index contributed by atoms with van der Waals surface area (Å²) in [5.74, 6) is 0.796. The molecule has 4 rings (SSSR count). The molecule has 2 aromatic carbocycles. The van der Waals surface area contributed by atoms with Gasteiger partial charge in [-0.3, -0.25) is 4.79 Å². The highest BCUT2D eigenvalue weighted by Gasteiger charge is 2.29. The van der Waals surface area contributed by atoms with Crippen molar-refractivity contribution < 1.29 is 13.6 Å². The van der Waals surface area contributed by atoms with E-state index in [1.54, 1.807) is 24.3 Å². The minimum absolute atomic E-state index is 0.107. The Morgan fingerprint density at radius 1 is 1.05 bits per heavy atom. The van der Waals surface area contributed by atoms with Crippen LogP contribution in [0, 0.1) is 11.3 Å². The van der Waals surface area contributed by atoms with Crippen LogP contribution in [-0.2, 0) is 12.0 Å². The summed E-state index contributed by atoms with van der Waals surface area (Å²) in [6, 6.07) is 18.9. The summed E-state index contributed by atoms with van der Waals surface area (Å²) in [5.41, 5.74) is 8.69. The number of carbonyl (C=O) groups excluding carboxylic acids is 1. The number of furan rings is 1. The number of hydrogen-bond donors (Lipinski definition) is 1. The molecule has 37 heavy (non-hydrogen) atoms. The minimum atomic E-state index is -0.892. The van der Waals surface area contributed by atoms with Gasteiger partial charge < -0.3 is 19.5 Å². The smallest absolute Gasteiger partial charge is 0.253 e. The molecular weight excluding hydrogens is 466 g/mol. The third-order valence-corrected chi connectivity index (χ3v) is 6.08. The molecule has 2 aromatic heterocycles. The van der Waals surface area contributed by atoms with E-state index in [0.717, 1.165) is 18.4 Å². The standard InChI is InChI=1S/C29H31N5O3/c1-4-12-34(13-5-2)27(35)24-16-22(25-21(19-30)11-14-36-25)15-23(17-24)26-32-33-28(37-26)29(3,31)18-20-9-7-6-8-10-20/h6-11,14-17H,4-5,12-13,18,31H2,1-3H3/t29-/m1/s1. The van der Waals surface area contributed by atoms with Crippen molar-refractivity contribution in [3.8, 4) is 28.8 Å². The lowest BCUT2D eigenvalue weighted by atomic mass is 9.94. The Balaban J connectivity index is 1.75. The zero-order valence-corrected chi connectivity index (χ0v) is 21.4. The summed E-state index contributed by atoms with van der Waals surface area (Å²) >= 11 is 0. The number of aromatic nitrogens is 2. The molecule has 0 aliphatic carbocycles. The number of carbonyl (C=O) groups is 1. The van der Waals surface area contributed by atoms with Crippen LogP contribution in [0.2, 0.25) is 0 Å². The second kappa shape index (κ2) is 11.2. The van der Waals surface area contributed by atoms with Gasteiger partial charge in [0.25, 0.3) is 5.91 Å². The number of hydrogen-bond acceptors (Lipinski definition) is 7. The van der Waals surface area contributed by atoms with E-state index in [1.807, 2.05) is 56.0 Å². The first-order valence-corrected chi connectivity index (χ1v) is 12.5. The third kappa shape index (κ3) is 5.79. The number of nitriles is 1. The van der Waals surface area contributed by atoms with Crippen LogP contribution in [0.25, 0.3) is 22.8 Å². The van der Waals surface area contributed by atoms with Crippen molar-refractivity contribution in [2.75, 3.05) is 13.1 Å². The second-order valence-electron chi connectivity index (χ2n) is 9.36. The van der Waals surface area contributed by atoms with E-state index in [2.05, 4.69) is 16.3 Å². The number of nitrogens with two attached hydrogens (primary N) is 1. The van der Waals surface area contributed by atoms with Gasteiger partial charge in [0.2, 0.25) is 11.8 Å². The molecule has 0 spiro atoms. The van der Waals surface area contributed by atoms with Crippen molar-refractivity contribution >= 4 is 5.91 Å². The van der Waals surface area contributed by atoms with Crippen LogP contribution >= 0.6 is 0 Å². The Labute approximate surface area is 216 Å². The quantitative estimate of drug-likeness (QED) is 0.305. The molecule has 8 nitrogen and oxygen atoms in total. The van der Waals surface area contributed by atoms with E-state index in [0.29, 0.717) is 53.4 Å². The SMILES string of the molecule is CCCN(CCC)C(=O)c1cc(-c2nnc([C@](C)(N)Cc3ccccc3)o2)cc(-c2occc2C#N)c1. The van der Waals surface area contributed by atoms with Gasteiger partial charge in [0.15, 0.2) is 5.76 Å². The molecule has 0 bridgehead atoms. The van der Waals surface area contributed by atoms with Gasteiger partial charge in [-0.15, -0.1) is 10.2 Å². The van der Waals surface area contributed by atoms with E-state index >= 15 is 0 Å². The maximum absolute atomic E-state index is 13.5. The molecule has 190 valence electrons. The van der Waals surface area contributed by atoms with Gasteiger partial charge >= 0.3 is 0 Å². The number of nitrogens with zero attached hydrogens (tertiary/aromatic N) is 4. The first-order chi connectivity index (χ1) is 17.9. The zero-order valence-electron chi connectivity index (χ0n) is 21.4. The molecule has 0 fully saturated rings. The van der Waals surface area contributed by atoms with E-state index < -0.39 is 5.54 Å². The Morgan fingerprint density at radius 2 is 1.76 bits per heavy atom. The van der Waals surface area contributed by atoms with Crippen molar-refractivity contribution in [1.29, 1.82) is 5.26 Å². The van der Waals surface area contributed by atoms with Gasteiger partial charge in [-0.1, -0.05) is 44.2 Å². The highest BCUT2D eigenvalue weighted by molar-refractivity contribution is 5.97. The van der Waals surface area contributed by atoms with Gasteiger partial charge in [0.05, 0.1) is 17.4 Å². The molecule has 4 aromatic rings. The highest BCUT2D eigenvalue weighted by Crippen LogP contribution is 2.32. The molecule has 2 N–H and O–H groups in total. The lowest BCUT2D eigenvalue weighted by Gasteiger charge is -2.22. The van der Waals surface area contributed by atoms with Crippen LogP contribution in [0.15, 0.2) is 69.7 Å². The molecule has 0 saturated heterocycles. The molecule has 0 aliphatic rings. The molecule has 0 saturated carbocycles. The van der Waals surface area contributed by atoms with Gasteiger partial charge in [-0.25, -0.2) is 0 Å². The molecule has 0 radical (unpaired) electrons. The third-order valence-electron chi connectivity index (χ3n) is 6.08. The van der Waals surface area contributed by atoms with E-state index in [-0.39, 0.29) is 11.8 Å². The van der Waals surface area contributed by atoms with Gasteiger partial charge in [-0.2, -0.15) is 5.26 Å². The van der Waals surface area contributed by atoms with Gasteiger partial charge in [0.1, 0.15) is 6.07 Å². The summed E-state index contributed by atoms with van der Waals surface area (Å²) in [6.07, 6.45) is 3.66. The van der Waals surface area contributed by atoms with E-state index in [4.69, 9.17) is 14.6 Å². The molecule has 0 aliphatic heterocycles. The summed E-state index contributed by atoms with van der Waals surface area (Å²) in [5, 5.41) is 18.0. The topological polar surface area (TPSA) is 122 Å². The number of rotatable bonds is 10. The zero-order chi connectivity index (χ0) is 26.4. The number of benzene rings is 2. The molecule has 2 heterocycles. The summed E-state index contributed by atoms with van der Waals surface area (Å²) in [4.78, 5) is 15.3. The van der Waals surface area contributed by atoms with Crippen LogP contribution in [0.5, 0.6) is 0 Å². The van der Waals surface area contributed by atoms with Crippen LogP contribution < -0.4 is 5.73 Å². The molecule has 0 unspecified atom stereocenters. The monoisotopic (exact) mass is 497 g/mol. The van der Waals surface area contributed by atoms with Crippen molar-refractivity contribution in [1.82, 2.24) is 15.1 Å². The van der Waals surface area contributed by atoms with Crippen molar-refractivity contribution in [2.45, 2.75) is 45.6 Å². The predicted molar refractivity (Wildman–Crippen MR) is 140 cm³/mol. The van der Waals surface area contributed by atoms with Crippen LogP contribution in [-0.4, -0.2) is 34.1 Å². The average Bonchev–Trinajstić information content (AvgIpc) is 3.59. The summed E-state index contributed by atoms with van der Waals surface area (Å²) < 4.78 is 11.7. The van der Waals surface area contributed by atoms with Crippen LogP contribution in [0.1, 0.15) is 61.0 Å². The van der Waals surface area contributed by atoms with Crippen molar-refractivity contribution in [3.05, 3.63) is 83.4 Å². The number of amides is 1. The summed E-state index contributed by atoms with van der Waals surface area (Å²) in [7, 11) is 0. The van der Waals surface area contributed by atoms with Gasteiger partial charge in [-0.05, 0) is 56.0 Å². The lowest BCUT2D eigenvalue weighted by molar-refractivity contribution is 0.0755. The van der Waals surface area contributed by atoms with E-state index in [9.17, 15) is 10.1 Å². The highest BCUT2D eigenvalue weighted by atomic mass is 16.4. The maximum Gasteiger partial charge on any atom is 0.253 e. The Morgan fingerprint density at radius 3 is 2.43 bits per heavy atom. The molecule has 8 heteroatoms. The Hall–Kier alpha value is -4.22. The van der Waals surface area contributed by atoms with Gasteiger partial charge in [0, 0.05) is 29.8 Å². The first-order valence-electron chi connectivity index (χ1n) is 12.5. The molecule has 1 atom stereocenters. The predicted octanol–water partition coefficient (Wildman–Crippen LogP) is 5.55. The maximum atomic E-state index is 13.5. The largest absolute Gasteiger partial charge is 0.463 e. The fraction of sp³-hybridized carbons (Fsp3) is 0.310. The van der Waals surface area contributed by atoms with Crippen molar-refractivity contribution in [2.24, 2.45) is 5.73 Å². The first kappa shape index (κ1) is 25.9. The normalized spacial score (nSPS) is 12.6. The summed E-state index contributed by atoms with van der Waals surface area (Å²) in [6.45, 7) is 7.22. The Kier molecular flexibility index (Phi) is 7.85. The average molecular weight is 498 g/mol. The lowest BCUT2D eigenvalue weighted by Crippen LogP contribution is -2.35. The fourth-order valence-electron chi connectivity index (χ4n) is 4.33. The minimum Gasteiger partial charge on any atom is -0.463 e. The molecule has 1 amide bonds. The van der Waals surface area contributed by atoms with Crippen LogP contribution in [0.3, 0.4) is 0 Å². The fourth-order valence-corrected chi connectivity index (χ4v) is 4.33. The Bertz CT molecular complexity index is 1390. The second-order valence-corrected chi connectivity index (χ2v) is 9.36.